The molecule has 2 aromatic rings. The number of ether oxygens (including phenoxy) is 2. The van der Waals surface area contributed by atoms with Crippen molar-refractivity contribution >= 4 is 11.8 Å². The Bertz CT molecular complexity index is 831. The SMILES string of the molecule is CCCOc1ccc(CNC(=NC)NCc2ccnc(N(C)C)c2)c(OC(F)F)c1. The van der Waals surface area contributed by atoms with Crippen molar-refractivity contribution < 1.29 is 18.3 Å². The Labute approximate surface area is 176 Å². The zero-order chi connectivity index (χ0) is 21.9. The maximum atomic E-state index is 12.8. The first-order valence-corrected chi connectivity index (χ1v) is 9.70. The molecule has 0 aliphatic heterocycles. The zero-order valence-corrected chi connectivity index (χ0v) is 17.8. The molecule has 0 atom stereocenters. The third-order valence-electron chi connectivity index (χ3n) is 4.13. The van der Waals surface area contributed by atoms with E-state index >= 15 is 0 Å². The molecule has 9 heteroatoms. The number of nitrogens with one attached hydrogen (secondary N) is 2. The van der Waals surface area contributed by atoms with Crippen LogP contribution >= 0.6 is 0 Å². The maximum Gasteiger partial charge on any atom is 0.387 e. The van der Waals surface area contributed by atoms with Crippen LogP contribution in [-0.4, -0.2) is 45.3 Å². The normalized spacial score (nSPS) is 11.4. The summed E-state index contributed by atoms with van der Waals surface area (Å²) in [6.07, 6.45) is 2.57. The van der Waals surface area contributed by atoms with E-state index in [9.17, 15) is 8.78 Å². The summed E-state index contributed by atoms with van der Waals surface area (Å²) in [5.74, 6) is 1.96. The number of aromatic nitrogens is 1. The van der Waals surface area contributed by atoms with Gasteiger partial charge in [-0.05, 0) is 36.2 Å². The first-order valence-electron chi connectivity index (χ1n) is 9.70. The van der Waals surface area contributed by atoms with Gasteiger partial charge in [0.15, 0.2) is 5.96 Å². The lowest BCUT2D eigenvalue weighted by Gasteiger charge is -2.16. The molecular weight excluding hydrogens is 392 g/mol. The summed E-state index contributed by atoms with van der Waals surface area (Å²) in [6, 6.07) is 8.81. The van der Waals surface area contributed by atoms with Crippen molar-refractivity contribution in [2.75, 3.05) is 32.6 Å². The predicted octanol–water partition coefficient (Wildman–Crippen LogP) is 3.40. The van der Waals surface area contributed by atoms with E-state index in [4.69, 9.17) is 4.74 Å². The molecule has 0 saturated carbocycles. The second kappa shape index (κ2) is 11.8. The van der Waals surface area contributed by atoms with E-state index < -0.39 is 6.61 Å². The highest BCUT2D eigenvalue weighted by Gasteiger charge is 2.12. The molecule has 2 N–H and O–H groups in total. The van der Waals surface area contributed by atoms with E-state index in [1.54, 1.807) is 25.4 Å². The van der Waals surface area contributed by atoms with Gasteiger partial charge in [0, 0.05) is 52.1 Å². The van der Waals surface area contributed by atoms with Gasteiger partial charge in [0.2, 0.25) is 0 Å². The lowest BCUT2D eigenvalue weighted by molar-refractivity contribution is -0.0505. The van der Waals surface area contributed by atoms with Gasteiger partial charge < -0.3 is 25.0 Å². The Morgan fingerprint density at radius 1 is 1.17 bits per heavy atom. The lowest BCUT2D eigenvalue weighted by atomic mass is 10.2. The van der Waals surface area contributed by atoms with Crippen LogP contribution in [0.3, 0.4) is 0 Å². The molecule has 164 valence electrons. The van der Waals surface area contributed by atoms with Gasteiger partial charge in [-0.2, -0.15) is 8.78 Å². The fourth-order valence-electron chi connectivity index (χ4n) is 2.60. The van der Waals surface area contributed by atoms with Crippen LogP contribution in [-0.2, 0) is 13.1 Å². The second-order valence-corrected chi connectivity index (χ2v) is 6.69. The summed E-state index contributed by atoms with van der Waals surface area (Å²) in [7, 11) is 5.50. The molecule has 0 amide bonds. The molecule has 0 saturated heterocycles. The molecule has 0 bridgehead atoms. The van der Waals surface area contributed by atoms with Crippen LogP contribution in [0.2, 0.25) is 0 Å². The monoisotopic (exact) mass is 421 g/mol. The molecule has 0 aliphatic rings. The molecule has 2 rings (SSSR count). The molecule has 0 spiro atoms. The van der Waals surface area contributed by atoms with Gasteiger partial charge in [0.1, 0.15) is 17.3 Å². The minimum absolute atomic E-state index is 0.0753. The minimum atomic E-state index is -2.92. The summed E-state index contributed by atoms with van der Waals surface area (Å²) in [6.45, 7) is 0.357. The van der Waals surface area contributed by atoms with Crippen molar-refractivity contribution in [2.24, 2.45) is 4.99 Å². The largest absolute Gasteiger partial charge is 0.493 e. The minimum Gasteiger partial charge on any atom is -0.493 e. The van der Waals surface area contributed by atoms with E-state index in [-0.39, 0.29) is 12.3 Å². The van der Waals surface area contributed by atoms with Crippen molar-refractivity contribution in [3.8, 4) is 11.5 Å². The van der Waals surface area contributed by atoms with Crippen LogP contribution in [0.25, 0.3) is 0 Å². The van der Waals surface area contributed by atoms with Crippen molar-refractivity contribution in [1.82, 2.24) is 15.6 Å². The molecule has 1 heterocycles. The number of hydrogen-bond donors (Lipinski definition) is 2. The van der Waals surface area contributed by atoms with E-state index in [1.807, 2.05) is 38.1 Å². The second-order valence-electron chi connectivity index (χ2n) is 6.69. The van der Waals surface area contributed by atoms with Gasteiger partial charge in [-0.1, -0.05) is 6.92 Å². The third kappa shape index (κ3) is 7.38. The molecule has 0 unspecified atom stereocenters. The molecule has 1 aromatic carbocycles. The topological polar surface area (TPSA) is 71.0 Å². The van der Waals surface area contributed by atoms with Crippen molar-refractivity contribution in [3.05, 3.63) is 47.7 Å². The molecular formula is C21H29F2N5O2. The van der Waals surface area contributed by atoms with Crippen LogP contribution in [0.15, 0.2) is 41.5 Å². The van der Waals surface area contributed by atoms with Crippen LogP contribution in [0.5, 0.6) is 11.5 Å². The first-order chi connectivity index (χ1) is 14.4. The standard InChI is InChI=1S/C21H29F2N5O2/c1-5-10-29-17-7-6-16(18(12-17)30-20(22)23)14-27-21(24-2)26-13-15-8-9-25-19(11-15)28(3)4/h6-9,11-12,20H,5,10,13-14H2,1-4H3,(H2,24,26,27). The Hall–Kier alpha value is -3.10. The zero-order valence-electron chi connectivity index (χ0n) is 17.8. The van der Waals surface area contributed by atoms with Crippen LogP contribution in [0.4, 0.5) is 14.6 Å². The average molecular weight is 421 g/mol. The van der Waals surface area contributed by atoms with Gasteiger partial charge in [0.25, 0.3) is 0 Å². The fraction of sp³-hybridized carbons (Fsp3) is 0.429. The highest BCUT2D eigenvalue weighted by Crippen LogP contribution is 2.26. The van der Waals surface area contributed by atoms with Crippen LogP contribution < -0.4 is 25.0 Å². The number of halogens is 2. The van der Waals surface area contributed by atoms with Crippen LogP contribution in [0.1, 0.15) is 24.5 Å². The number of aliphatic imine (C=N–C) groups is 1. The number of alkyl halides is 2. The number of benzene rings is 1. The maximum absolute atomic E-state index is 12.8. The van der Waals surface area contributed by atoms with Gasteiger partial charge in [-0.25, -0.2) is 4.98 Å². The Balaban J connectivity index is 2.00. The van der Waals surface area contributed by atoms with E-state index in [0.717, 1.165) is 17.8 Å². The molecule has 7 nitrogen and oxygen atoms in total. The average Bonchev–Trinajstić information content (AvgIpc) is 2.73. The number of anilines is 1. The number of rotatable bonds is 10. The molecule has 30 heavy (non-hydrogen) atoms. The van der Waals surface area contributed by atoms with Crippen molar-refractivity contribution in [3.63, 3.8) is 0 Å². The number of nitrogens with zero attached hydrogens (tertiary/aromatic N) is 3. The van der Waals surface area contributed by atoms with E-state index in [2.05, 4.69) is 25.3 Å². The highest BCUT2D eigenvalue weighted by atomic mass is 19.3. The predicted molar refractivity (Wildman–Crippen MR) is 114 cm³/mol. The molecule has 0 aliphatic carbocycles. The first kappa shape index (κ1) is 23.2. The number of pyridine rings is 1. The lowest BCUT2D eigenvalue weighted by Crippen LogP contribution is -2.36. The Morgan fingerprint density at radius 3 is 2.60 bits per heavy atom. The number of guanidine groups is 1. The summed E-state index contributed by atoms with van der Waals surface area (Å²) in [5.41, 5.74) is 1.61. The van der Waals surface area contributed by atoms with Crippen molar-refractivity contribution in [1.29, 1.82) is 0 Å². The third-order valence-corrected chi connectivity index (χ3v) is 4.13. The quantitative estimate of drug-likeness (QED) is 0.453. The van der Waals surface area contributed by atoms with Gasteiger partial charge in [-0.15, -0.1) is 0 Å². The smallest absolute Gasteiger partial charge is 0.387 e. The molecule has 0 fully saturated rings. The van der Waals surface area contributed by atoms with Gasteiger partial charge >= 0.3 is 6.61 Å². The highest BCUT2D eigenvalue weighted by molar-refractivity contribution is 5.79. The summed E-state index contributed by atoms with van der Waals surface area (Å²) in [5, 5.41) is 6.32. The summed E-state index contributed by atoms with van der Waals surface area (Å²) in [4.78, 5) is 10.4. The van der Waals surface area contributed by atoms with E-state index in [1.165, 1.54) is 6.07 Å². The Morgan fingerprint density at radius 2 is 1.93 bits per heavy atom. The summed E-state index contributed by atoms with van der Waals surface area (Å²) < 4.78 is 35.8. The van der Waals surface area contributed by atoms with E-state index in [0.29, 0.717) is 30.4 Å². The van der Waals surface area contributed by atoms with Gasteiger partial charge in [-0.3, -0.25) is 4.99 Å². The molecule has 0 radical (unpaired) electrons. The summed E-state index contributed by atoms with van der Waals surface area (Å²) >= 11 is 0. The fourth-order valence-corrected chi connectivity index (χ4v) is 2.60. The Kier molecular flexibility index (Phi) is 9.11. The van der Waals surface area contributed by atoms with Crippen LogP contribution in [0, 0.1) is 0 Å². The molecule has 1 aromatic heterocycles. The number of hydrogen-bond acceptors (Lipinski definition) is 5. The van der Waals surface area contributed by atoms with Crippen molar-refractivity contribution in [2.45, 2.75) is 33.0 Å². The van der Waals surface area contributed by atoms with Gasteiger partial charge in [0.05, 0.1) is 6.61 Å².